The molecule has 0 saturated carbocycles. The Morgan fingerprint density at radius 3 is 2.39 bits per heavy atom. The number of thiazole rings is 1. The number of nitrogens with one attached hydrogen (secondary N) is 1. The van der Waals surface area contributed by atoms with Gasteiger partial charge < -0.3 is 5.32 Å². The molecule has 0 aliphatic heterocycles. The smallest absolute Gasteiger partial charge is 0.0940 e. The van der Waals surface area contributed by atoms with Crippen LogP contribution in [0.4, 0.5) is 0 Å². The van der Waals surface area contributed by atoms with E-state index in [4.69, 9.17) is 0 Å². The molecule has 0 bridgehead atoms. The van der Waals surface area contributed by atoms with Crippen molar-refractivity contribution in [3.05, 3.63) is 16.6 Å². The monoisotopic (exact) mass is 268 g/mol. The summed E-state index contributed by atoms with van der Waals surface area (Å²) in [6.45, 7) is 7.95. The first-order chi connectivity index (χ1) is 8.81. The molecule has 0 aliphatic carbocycles. The molecule has 0 aromatic carbocycles. The van der Waals surface area contributed by atoms with E-state index in [9.17, 15) is 0 Å². The Morgan fingerprint density at radius 1 is 1.17 bits per heavy atom. The molecule has 104 valence electrons. The third-order valence-electron chi connectivity index (χ3n) is 3.42. The van der Waals surface area contributed by atoms with E-state index in [0.29, 0.717) is 6.04 Å². The number of nitrogens with zero attached hydrogens (tertiary/aromatic N) is 1. The molecule has 0 amide bonds. The van der Waals surface area contributed by atoms with Gasteiger partial charge in [-0.15, -0.1) is 11.3 Å². The van der Waals surface area contributed by atoms with Crippen LogP contribution in [0.5, 0.6) is 0 Å². The summed E-state index contributed by atoms with van der Waals surface area (Å²) in [7, 11) is 0. The maximum absolute atomic E-state index is 4.45. The Morgan fingerprint density at radius 2 is 1.89 bits per heavy atom. The van der Waals surface area contributed by atoms with E-state index >= 15 is 0 Å². The minimum atomic E-state index is 0.607. The van der Waals surface area contributed by atoms with Crippen molar-refractivity contribution < 1.29 is 0 Å². The molecular weight excluding hydrogens is 240 g/mol. The van der Waals surface area contributed by atoms with Crippen LogP contribution in [0, 0.1) is 5.92 Å². The summed E-state index contributed by atoms with van der Waals surface area (Å²) < 4.78 is 0. The maximum atomic E-state index is 4.45. The molecule has 0 radical (unpaired) electrons. The van der Waals surface area contributed by atoms with Crippen molar-refractivity contribution >= 4 is 11.3 Å². The number of hydrogen-bond donors (Lipinski definition) is 1. The highest BCUT2D eigenvalue weighted by Crippen LogP contribution is 2.21. The topological polar surface area (TPSA) is 24.9 Å². The fourth-order valence-corrected chi connectivity index (χ4v) is 3.24. The standard InChI is InChI=1S/C15H28N2S/c1-4-7-13(8-5-2)14(16-9-6-3)12-15-17-10-11-18-15/h10-11,13-14,16H,4-9,12H2,1-3H3. The SMILES string of the molecule is CCCNC(Cc1nccs1)C(CCC)CCC. The van der Waals surface area contributed by atoms with E-state index < -0.39 is 0 Å². The molecule has 0 saturated heterocycles. The molecule has 1 aromatic heterocycles. The summed E-state index contributed by atoms with van der Waals surface area (Å²) in [5.41, 5.74) is 0. The van der Waals surface area contributed by atoms with Crippen molar-refractivity contribution in [3.8, 4) is 0 Å². The minimum Gasteiger partial charge on any atom is -0.313 e. The van der Waals surface area contributed by atoms with Crippen molar-refractivity contribution in [1.82, 2.24) is 10.3 Å². The van der Waals surface area contributed by atoms with Crippen LogP contribution < -0.4 is 5.32 Å². The van der Waals surface area contributed by atoms with Gasteiger partial charge in [-0.25, -0.2) is 4.98 Å². The lowest BCUT2D eigenvalue weighted by Gasteiger charge is -2.27. The number of rotatable bonds is 10. The fourth-order valence-electron chi connectivity index (χ4n) is 2.57. The molecule has 1 heterocycles. The van der Waals surface area contributed by atoms with Crippen molar-refractivity contribution in [2.75, 3.05) is 6.54 Å². The second kappa shape index (κ2) is 9.51. The van der Waals surface area contributed by atoms with Gasteiger partial charge in [-0.1, -0.05) is 33.6 Å². The molecule has 3 heteroatoms. The molecule has 1 rings (SSSR count). The largest absolute Gasteiger partial charge is 0.313 e. The van der Waals surface area contributed by atoms with Gasteiger partial charge in [0, 0.05) is 24.0 Å². The van der Waals surface area contributed by atoms with E-state index in [-0.39, 0.29) is 0 Å². The average Bonchev–Trinajstić information content (AvgIpc) is 2.87. The highest BCUT2D eigenvalue weighted by atomic mass is 32.1. The molecular formula is C15H28N2S. The summed E-state index contributed by atoms with van der Waals surface area (Å²) in [4.78, 5) is 4.45. The van der Waals surface area contributed by atoms with Crippen molar-refractivity contribution in [1.29, 1.82) is 0 Å². The lowest BCUT2D eigenvalue weighted by Crippen LogP contribution is -2.38. The highest BCUT2D eigenvalue weighted by Gasteiger charge is 2.20. The van der Waals surface area contributed by atoms with Crippen molar-refractivity contribution in [3.63, 3.8) is 0 Å². The first kappa shape index (κ1) is 15.6. The zero-order valence-corrected chi connectivity index (χ0v) is 12.9. The van der Waals surface area contributed by atoms with Crippen LogP contribution >= 0.6 is 11.3 Å². The lowest BCUT2D eigenvalue weighted by atomic mass is 9.88. The minimum absolute atomic E-state index is 0.607. The molecule has 1 atom stereocenters. The van der Waals surface area contributed by atoms with Crippen LogP contribution in [0.1, 0.15) is 57.9 Å². The highest BCUT2D eigenvalue weighted by molar-refractivity contribution is 7.09. The van der Waals surface area contributed by atoms with Gasteiger partial charge in [0.1, 0.15) is 0 Å². The third kappa shape index (κ3) is 5.49. The number of aromatic nitrogens is 1. The lowest BCUT2D eigenvalue weighted by molar-refractivity contribution is 0.308. The Kier molecular flexibility index (Phi) is 8.27. The normalized spacial score (nSPS) is 13.1. The van der Waals surface area contributed by atoms with Crippen LogP contribution in [0.3, 0.4) is 0 Å². The molecule has 0 spiro atoms. The second-order valence-electron chi connectivity index (χ2n) is 5.03. The average molecular weight is 268 g/mol. The van der Waals surface area contributed by atoms with E-state index in [1.165, 1.54) is 37.1 Å². The Bertz CT molecular complexity index is 279. The van der Waals surface area contributed by atoms with E-state index in [2.05, 4.69) is 36.5 Å². The van der Waals surface area contributed by atoms with Crippen LogP contribution in [-0.2, 0) is 6.42 Å². The van der Waals surface area contributed by atoms with Gasteiger partial charge in [-0.05, 0) is 31.7 Å². The summed E-state index contributed by atoms with van der Waals surface area (Å²) in [6.07, 6.45) is 9.47. The predicted octanol–water partition coefficient (Wildman–Crippen LogP) is 4.27. The van der Waals surface area contributed by atoms with Gasteiger partial charge in [0.2, 0.25) is 0 Å². The van der Waals surface area contributed by atoms with E-state index in [0.717, 1.165) is 18.9 Å². The van der Waals surface area contributed by atoms with Crippen molar-refractivity contribution in [2.24, 2.45) is 5.92 Å². The van der Waals surface area contributed by atoms with E-state index in [1.807, 2.05) is 6.20 Å². The third-order valence-corrected chi connectivity index (χ3v) is 4.22. The van der Waals surface area contributed by atoms with Gasteiger partial charge in [0.25, 0.3) is 0 Å². The maximum Gasteiger partial charge on any atom is 0.0940 e. The first-order valence-electron chi connectivity index (χ1n) is 7.43. The summed E-state index contributed by atoms with van der Waals surface area (Å²) >= 11 is 1.79. The Hall–Kier alpha value is -0.410. The summed E-state index contributed by atoms with van der Waals surface area (Å²) in [5, 5.41) is 7.11. The van der Waals surface area contributed by atoms with Crippen molar-refractivity contribution in [2.45, 2.75) is 65.3 Å². The zero-order valence-electron chi connectivity index (χ0n) is 12.1. The molecule has 1 aromatic rings. The zero-order chi connectivity index (χ0) is 13.2. The predicted molar refractivity (Wildman–Crippen MR) is 81.2 cm³/mol. The van der Waals surface area contributed by atoms with Crippen LogP contribution in [0.2, 0.25) is 0 Å². The van der Waals surface area contributed by atoms with Crippen LogP contribution in [0.25, 0.3) is 0 Å². The molecule has 2 nitrogen and oxygen atoms in total. The van der Waals surface area contributed by atoms with Gasteiger partial charge in [-0.2, -0.15) is 0 Å². The van der Waals surface area contributed by atoms with Gasteiger partial charge >= 0.3 is 0 Å². The summed E-state index contributed by atoms with van der Waals surface area (Å²) in [5.74, 6) is 0.801. The molecule has 0 aliphatic rings. The number of hydrogen-bond acceptors (Lipinski definition) is 3. The fraction of sp³-hybridized carbons (Fsp3) is 0.800. The van der Waals surface area contributed by atoms with Crippen LogP contribution in [0.15, 0.2) is 11.6 Å². The molecule has 1 N–H and O–H groups in total. The first-order valence-corrected chi connectivity index (χ1v) is 8.31. The van der Waals surface area contributed by atoms with Gasteiger partial charge in [0.15, 0.2) is 0 Å². The molecule has 18 heavy (non-hydrogen) atoms. The van der Waals surface area contributed by atoms with Crippen LogP contribution in [-0.4, -0.2) is 17.6 Å². The quantitative estimate of drug-likeness (QED) is 0.685. The summed E-state index contributed by atoms with van der Waals surface area (Å²) in [6, 6.07) is 0.607. The Labute approximate surface area is 116 Å². The van der Waals surface area contributed by atoms with E-state index in [1.54, 1.807) is 11.3 Å². The Balaban J connectivity index is 2.61. The van der Waals surface area contributed by atoms with Gasteiger partial charge in [-0.3, -0.25) is 0 Å². The molecule has 1 unspecified atom stereocenters. The molecule has 0 fully saturated rings. The van der Waals surface area contributed by atoms with Gasteiger partial charge in [0.05, 0.1) is 5.01 Å². The second-order valence-corrected chi connectivity index (χ2v) is 6.01.